The van der Waals surface area contributed by atoms with Gasteiger partial charge in [-0.05, 0) is 18.2 Å². The van der Waals surface area contributed by atoms with E-state index in [9.17, 15) is 19.6 Å². The molecule has 2 aromatic carbocycles. The van der Waals surface area contributed by atoms with Gasteiger partial charge in [-0.25, -0.2) is 0 Å². The molecule has 1 heterocycles. The summed E-state index contributed by atoms with van der Waals surface area (Å²) in [5.41, 5.74) is 5.08. The van der Waals surface area contributed by atoms with Crippen LogP contribution in [0.25, 0.3) is 11.1 Å². The zero-order valence-corrected chi connectivity index (χ0v) is 13.5. The average molecular weight is 356 g/mol. The number of ether oxygens (including phenoxy) is 2. The van der Waals surface area contributed by atoms with Crippen molar-refractivity contribution < 1.29 is 23.8 Å². The predicted octanol–water partition coefficient (Wildman–Crippen LogP) is 1.97. The van der Waals surface area contributed by atoms with Crippen molar-refractivity contribution in [3.63, 3.8) is 0 Å². The van der Waals surface area contributed by atoms with E-state index in [2.05, 4.69) is 5.32 Å². The fraction of sp³-hybridized carbons (Fsp3) is 0.118. The third kappa shape index (κ3) is 2.84. The normalized spacial score (nSPS) is 17.4. The van der Waals surface area contributed by atoms with E-state index in [1.807, 2.05) is 6.07 Å². The Labute approximate surface area is 147 Å². The number of aromatic hydroxyl groups is 1. The minimum atomic E-state index is -2.41. The van der Waals surface area contributed by atoms with E-state index >= 15 is 0 Å². The van der Waals surface area contributed by atoms with Crippen LogP contribution in [0.3, 0.4) is 0 Å². The number of nitrogens with zero attached hydrogens (tertiary/aromatic N) is 1. The number of benzene rings is 2. The number of hydrogen-bond acceptors (Lipinski definition) is 6. The van der Waals surface area contributed by atoms with E-state index in [1.165, 1.54) is 24.3 Å². The molecule has 1 atom stereocenters. The van der Waals surface area contributed by atoms with Crippen LogP contribution in [-0.2, 0) is 0 Å². The van der Waals surface area contributed by atoms with Gasteiger partial charge in [0.05, 0.1) is 17.2 Å². The average Bonchev–Trinajstić information content (AvgIpc) is 2.87. The first-order chi connectivity index (χ1) is 12.2. The third-order valence-corrected chi connectivity index (χ3v) is 3.60. The molecule has 132 valence electrons. The number of nitrogens with two attached hydrogens (primary N) is 1. The number of nitrogens with one attached hydrogen (secondary N) is 2. The number of amides is 1. The number of carbonyl (C=O) groups is 1. The van der Waals surface area contributed by atoms with Crippen molar-refractivity contribution in [1.29, 1.82) is 10.7 Å². The number of phenolic OH excluding ortho intramolecular Hbond substituents is 1. The molecule has 5 N–H and O–H groups in total. The molecule has 0 spiro atoms. The summed E-state index contributed by atoms with van der Waals surface area (Å²) < 4.78 is 24.3. The highest BCUT2D eigenvalue weighted by atomic mass is 19.2. The van der Waals surface area contributed by atoms with Crippen LogP contribution in [0.5, 0.6) is 17.2 Å². The fourth-order valence-corrected chi connectivity index (χ4v) is 2.68. The van der Waals surface area contributed by atoms with E-state index in [0.29, 0.717) is 0 Å². The maximum atomic E-state index is 14.1. The van der Waals surface area contributed by atoms with Crippen LogP contribution >= 0.6 is 0 Å². The van der Waals surface area contributed by atoms with Gasteiger partial charge in [-0.2, -0.15) is 9.65 Å². The van der Waals surface area contributed by atoms with E-state index in [0.717, 1.165) is 13.0 Å². The number of phenols is 1. The van der Waals surface area contributed by atoms with Crippen LogP contribution in [-0.4, -0.2) is 23.0 Å². The Morgan fingerprint density at radius 2 is 2.12 bits per heavy atom. The van der Waals surface area contributed by atoms with E-state index in [-0.39, 0.29) is 33.8 Å². The molecule has 0 fully saturated rings. The van der Waals surface area contributed by atoms with Gasteiger partial charge in [0.1, 0.15) is 5.75 Å². The van der Waals surface area contributed by atoms with Crippen molar-refractivity contribution in [3.8, 4) is 34.4 Å². The molecule has 0 radical (unpaired) electrons. The second-order valence-corrected chi connectivity index (χ2v) is 5.53. The number of rotatable bonds is 2. The summed E-state index contributed by atoms with van der Waals surface area (Å²) in [6.07, 6.45) is 0. The smallest absolute Gasteiger partial charge is 0.404 e. The van der Waals surface area contributed by atoms with Crippen LogP contribution in [0.4, 0.5) is 4.39 Å². The lowest BCUT2D eigenvalue weighted by Crippen LogP contribution is -2.36. The lowest BCUT2D eigenvalue weighted by molar-refractivity contribution is -0.173. The summed E-state index contributed by atoms with van der Waals surface area (Å²) in [6, 6.07) is 6.45. The molecule has 0 aliphatic carbocycles. The molecule has 26 heavy (non-hydrogen) atoms. The lowest BCUT2D eigenvalue weighted by Gasteiger charge is -2.15. The Balaban J connectivity index is 2.29. The quantitative estimate of drug-likeness (QED) is 0.479. The monoisotopic (exact) mass is 356 g/mol. The molecule has 0 aromatic heterocycles. The van der Waals surface area contributed by atoms with Gasteiger partial charge < -0.3 is 20.3 Å². The predicted molar refractivity (Wildman–Crippen MR) is 88.4 cm³/mol. The Hall–Kier alpha value is -3.80. The first kappa shape index (κ1) is 17.0. The molecule has 1 aliphatic heterocycles. The summed E-state index contributed by atoms with van der Waals surface area (Å²) in [5, 5.41) is 28.9. The van der Waals surface area contributed by atoms with Crippen molar-refractivity contribution in [3.05, 3.63) is 41.5 Å². The number of nitriles is 1. The van der Waals surface area contributed by atoms with Crippen molar-refractivity contribution in [2.24, 2.45) is 5.73 Å². The second kappa shape index (κ2) is 5.93. The molecule has 0 bridgehead atoms. The van der Waals surface area contributed by atoms with E-state index in [1.54, 1.807) is 0 Å². The van der Waals surface area contributed by atoms with Gasteiger partial charge in [-0.3, -0.25) is 15.5 Å². The van der Waals surface area contributed by atoms with Gasteiger partial charge in [0.15, 0.2) is 17.5 Å². The summed E-state index contributed by atoms with van der Waals surface area (Å²) in [4.78, 5) is 12.4. The third-order valence-electron chi connectivity index (χ3n) is 3.60. The minimum absolute atomic E-state index is 0.00407. The molecule has 9 heteroatoms. The summed E-state index contributed by atoms with van der Waals surface area (Å²) >= 11 is 0. The van der Waals surface area contributed by atoms with Gasteiger partial charge in [-0.1, -0.05) is 12.1 Å². The van der Waals surface area contributed by atoms with Crippen molar-refractivity contribution in [1.82, 2.24) is 5.32 Å². The van der Waals surface area contributed by atoms with Crippen molar-refractivity contribution >= 4 is 11.9 Å². The van der Waals surface area contributed by atoms with Crippen molar-refractivity contribution in [2.45, 2.75) is 13.0 Å². The molecule has 3 rings (SSSR count). The SMILES string of the molecule is CC1(F)Oc2cccc(-c3c(C#N)ccc(O)c3C(=O)NC(=N)N)c2O1. The molecular weight excluding hydrogens is 343 g/mol. The topological polar surface area (TPSA) is 141 Å². The zero-order chi connectivity index (χ0) is 19.1. The number of carbonyl (C=O) groups excluding carboxylic acids is 1. The fourth-order valence-electron chi connectivity index (χ4n) is 2.68. The Kier molecular flexibility index (Phi) is 3.88. The van der Waals surface area contributed by atoms with Gasteiger partial charge in [0, 0.05) is 18.1 Å². The zero-order valence-electron chi connectivity index (χ0n) is 13.5. The highest BCUT2D eigenvalue weighted by Crippen LogP contribution is 2.48. The number of alkyl halides is 1. The van der Waals surface area contributed by atoms with Gasteiger partial charge in [0.25, 0.3) is 5.91 Å². The number of hydrogen-bond donors (Lipinski definition) is 4. The summed E-state index contributed by atoms with van der Waals surface area (Å²) in [6.45, 7) is 1.06. The molecule has 8 nitrogen and oxygen atoms in total. The Morgan fingerprint density at radius 3 is 2.77 bits per heavy atom. The second-order valence-electron chi connectivity index (χ2n) is 5.53. The van der Waals surface area contributed by atoms with Crippen LogP contribution in [0, 0.1) is 16.7 Å². The largest absolute Gasteiger partial charge is 0.507 e. The van der Waals surface area contributed by atoms with Crippen LogP contribution in [0.2, 0.25) is 0 Å². The standard InChI is InChI=1S/C17H13FN4O4/c1-17(18)25-11-4-2-3-9(14(11)26-17)12-8(7-19)5-6-10(23)13(12)15(24)22-16(20)21/h2-6,23H,1H3,(H4,20,21,22,24). The number of fused-ring (bicyclic) bond motifs is 1. The van der Waals surface area contributed by atoms with E-state index < -0.39 is 23.7 Å². The van der Waals surface area contributed by atoms with Crippen molar-refractivity contribution in [2.75, 3.05) is 0 Å². The molecular formula is C17H13FN4O4. The Bertz CT molecular complexity index is 981. The Morgan fingerprint density at radius 1 is 1.38 bits per heavy atom. The molecule has 0 saturated carbocycles. The summed E-state index contributed by atoms with van der Waals surface area (Å²) in [5.74, 6) is -1.93. The maximum absolute atomic E-state index is 14.1. The molecule has 0 saturated heterocycles. The van der Waals surface area contributed by atoms with Crippen LogP contribution in [0.15, 0.2) is 30.3 Å². The first-order valence-corrected chi connectivity index (χ1v) is 7.35. The molecule has 2 aromatic rings. The van der Waals surface area contributed by atoms with Crippen LogP contribution < -0.4 is 20.5 Å². The number of guanidine groups is 1. The van der Waals surface area contributed by atoms with Gasteiger partial charge >= 0.3 is 6.04 Å². The van der Waals surface area contributed by atoms with Gasteiger partial charge in [-0.15, -0.1) is 0 Å². The molecule has 1 amide bonds. The lowest BCUT2D eigenvalue weighted by atomic mass is 9.92. The number of para-hydroxylation sites is 1. The van der Waals surface area contributed by atoms with Gasteiger partial charge in [0.2, 0.25) is 0 Å². The number of halogens is 1. The first-order valence-electron chi connectivity index (χ1n) is 7.35. The molecule has 1 unspecified atom stereocenters. The highest BCUT2D eigenvalue weighted by molar-refractivity contribution is 6.11. The highest BCUT2D eigenvalue weighted by Gasteiger charge is 2.39. The van der Waals surface area contributed by atoms with Crippen LogP contribution in [0.1, 0.15) is 22.8 Å². The minimum Gasteiger partial charge on any atom is -0.507 e. The molecule has 1 aliphatic rings. The summed E-state index contributed by atoms with van der Waals surface area (Å²) in [7, 11) is 0. The van der Waals surface area contributed by atoms with E-state index in [4.69, 9.17) is 20.6 Å². The maximum Gasteiger partial charge on any atom is 0.404 e.